The van der Waals surface area contributed by atoms with Gasteiger partial charge in [0, 0.05) is 5.56 Å². The van der Waals surface area contributed by atoms with E-state index in [1.54, 1.807) is 6.92 Å². The molecule has 0 bridgehead atoms. The lowest BCUT2D eigenvalue weighted by Crippen LogP contribution is -1.95. The van der Waals surface area contributed by atoms with Crippen LogP contribution in [-0.2, 0) is 0 Å². The number of aromatic nitrogens is 1. The van der Waals surface area contributed by atoms with Gasteiger partial charge in [0.2, 0.25) is 0 Å². The van der Waals surface area contributed by atoms with Gasteiger partial charge < -0.3 is 14.4 Å². The Morgan fingerprint density at radius 2 is 1.78 bits per heavy atom. The fourth-order valence-corrected chi connectivity index (χ4v) is 2.59. The van der Waals surface area contributed by atoms with E-state index in [4.69, 9.17) is 9.26 Å². The Morgan fingerprint density at radius 1 is 1.04 bits per heavy atom. The maximum absolute atomic E-state index is 9.98. The molecule has 4 heteroatoms. The number of hydrogen-bond acceptors (Lipinski definition) is 4. The molecular weight excluding hydrogens is 290 g/mol. The number of aliphatic hydroxyl groups excluding tert-OH is 1. The quantitative estimate of drug-likeness (QED) is 0.752. The molecule has 1 heterocycles. The smallest absolute Gasteiger partial charge is 0.141 e. The fourth-order valence-electron chi connectivity index (χ4n) is 2.59. The molecule has 0 spiro atoms. The maximum atomic E-state index is 9.98. The van der Waals surface area contributed by atoms with Crippen molar-refractivity contribution in [3.8, 4) is 22.6 Å². The number of aliphatic hydroxyl groups is 1. The first kappa shape index (κ1) is 15.3. The molecule has 0 radical (unpaired) electrons. The minimum Gasteiger partial charge on any atom is -0.457 e. The Kier molecular flexibility index (Phi) is 4.17. The summed E-state index contributed by atoms with van der Waals surface area (Å²) in [5, 5.41) is 14.0. The lowest BCUT2D eigenvalue weighted by Gasteiger charge is -2.12. The van der Waals surface area contributed by atoms with Crippen molar-refractivity contribution in [2.45, 2.75) is 26.9 Å². The molecule has 1 aromatic heterocycles. The van der Waals surface area contributed by atoms with E-state index in [2.05, 4.69) is 5.16 Å². The normalized spacial score (nSPS) is 12.2. The van der Waals surface area contributed by atoms with Gasteiger partial charge in [0.15, 0.2) is 0 Å². The van der Waals surface area contributed by atoms with Crippen molar-refractivity contribution in [3.63, 3.8) is 0 Å². The minimum absolute atomic E-state index is 0.589. The lowest BCUT2D eigenvalue weighted by molar-refractivity contribution is 0.199. The van der Waals surface area contributed by atoms with Crippen molar-refractivity contribution in [2.24, 2.45) is 0 Å². The number of ether oxygens (including phenoxy) is 1. The number of nitrogens with zero attached hydrogens (tertiary/aromatic N) is 1. The van der Waals surface area contributed by atoms with E-state index in [1.807, 2.05) is 62.4 Å². The number of aryl methyl sites for hydroxylation is 2. The molecule has 0 aliphatic heterocycles. The molecule has 0 saturated heterocycles. The van der Waals surface area contributed by atoms with Crippen LogP contribution in [0, 0.1) is 13.8 Å². The van der Waals surface area contributed by atoms with Crippen molar-refractivity contribution < 1.29 is 14.4 Å². The van der Waals surface area contributed by atoms with Crippen LogP contribution < -0.4 is 4.74 Å². The van der Waals surface area contributed by atoms with E-state index in [1.165, 1.54) is 0 Å². The summed E-state index contributed by atoms with van der Waals surface area (Å²) >= 11 is 0. The minimum atomic E-state index is -0.589. The van der Waals surface area contributed by atoms with Crippen molar-refractivity contribution in [2.75, 3.05) is 0 Å². The highest BCUT2D eigenvalue weighted by Crippen LogP contribution is 2.34. The van der Waals surface area contributed by atoms with Crippen molar-refractivity contribution >= 4 is 0 Å². The zero-order valence-electron chi connectivity index (χ0n) is 13.4. The van der Waals surface area contributed by atoms with Crippen molar-refractivity contribution in [1.29, 1.82) is 0 Å². The monoisotopic (exact) mass is 309 g/mol. The Labute approximate surface area is 135 Å². The zero-order valence-corrected chi connectivity index (χ0v) is 13.4. The summed E-state index contributed by atoms with van der Waals surface area (Å²) in [6, 6.07) is 15.3. The van der Waals surface area contributed by atoms with Crippen molar-refractivity contribution in [3.05, 3.63) is 65.5 Å². The summed E-state index contributed by atoms with van der Waals surface area (Å²) in [6.07, 6.45) is -0.589. The van der Waals surface area contributed by atoms with E-state index < -0.39 is 6.10 Å². The second kappa shape index (κ2) is 6.26. The van der Waals surface area contributed by atoms with E-state index >= 15 is 0 Å². The highest BCUT2D eigenvalue weighted by molar-refractivity contribution is 5.70. The third kappa shape index (κ3) is 3.27. The Balaban J connectivity index is 2.07. The largest absolute Gasteiger partial charge is 0.457 e. The lowest BCUT2D eigenvalue weighted by atomic mass is 9.99. The van der Waals surface area contributed by atoms with Gasteiger partial charge in [0.25, 0.3) is 0 Å². The fraction of sp³-hybridized carbons (Fsp3) is 0.211. The van der Waals surface area contributed by atoms with Gasteiger partial charge in [-0.3, -0.25) is 0 Å². The van der Waals surface area contributed by atoms with Crippen LogP contribution in [-0.4, -0.2) is 10.3 Å². The molecule has 118 valence electrons. The van der Waals surface area contributed by atoms with Gasteiger partial charge in [-0.2, -0.15) is 0 Å². The molecule has 1 unspecified atom stereocenters. The average molecular weight is 309 g/mol. The van der Waals surface area contributed by atoms with Crippen LogP contribution in [0.2, 0.25) is 0 Å². The number of rotatable bonds is 4. The summed E-state index contributed by atoms with van der Waals surface area (Å²) in [4.78, 5) is 0. The van der Waals surface area contributed by atoms with Crippen LogP contribution in [0.4, 0.5) is 0 Å². The second-order valence-corrected chi connectivity index (χ2v) is 5.58. The van der Waals surface area contributed by atoms with Gasteiger partial charge in [-0.05, 0) is 62.2 Å². The molecule has 0 aliphatic carbocycles. The highest BCUT2D eigenvalue weighted by atomic mass is 16.5. The third-order valence-corrected chi connectivity index (χ3v) is 3.71. The van der Waals surface area contributed by atoms with E-state index in [0.717, 1.165) is 33.9 Å². The predicted molar refractivity (Wildman–Crippen MR) is 88.6 cm³/mol. The molecule has 0 fully saturated rings. The van der Waals surface area contributed by atoms with Gasteiger partial charge in [0.05, 0.1) is 11.8 Å². The molecule has 3 aromatic rings. The van der Waals surface area contributed by atoms with Crippen LogP contribution in [0.25, 0.3) is 11.1 Å². The molecule has 3 rings (SSSR count). The van der Waals surface area contributed by atoms with Gasteiger partial charge in [-0.25, -0.2) is 0 Å². The van der Waals surface area contributed by atoms with Crippen LogP contribution in [0.15, 0.2) is 53.1 Å². The van der Waals surface area contributed by atoms with Gasteiger partial charge >= 0.3 is 0 Å². The number of hydrogen-bond donors (Lipinski definition) is 1. The molecule has 0 saturated carbocycles. The van der Waals surface area contributed by atoms with Crippen molar-refractivity contribution in [1.82, 2.24) is 5.16 Å². The third-order valence-electron chi connectivity index (χ3n) is 3.71. The van der Waals surface area contributed by atoms with E-state index in [9.17, 15) is 5.11 Å². The summed E-state index contributed by atoms with van der Waals surface area (Å²) in [6.45, 7) is 5.51. The van der Waals surface area contributed by atoms with Gasteiger partial charge in [-0.1, -0.05) is 23.4 Å². The second-order valence-electron chi connectivity index (χ2n) is 5.58. The number of benzene rings is 2. The molecule has 23 heavy (non-hydrogen) atoms. The SMILES string of the molecule is Cc1noc(C)c1-c1cc(Oc2ccccc2)cc(C(C)O)c1. The average Bonchev–Trinajstić information content (AvgIpc) is 2.87. The highest BCUT2D eigenvalue weighted by Gasteiger charge is 2.15. The summed E-state index contributed by atoms with van der Waals surface area (Å²) < 4.78 is 11.2. The van der Waals surface area contributed by atoms with E-state index in [-0.39, 0.29) is 0 Å². The Hall–Kier alpha value is -2.59. The first-order valence-electron chi connectivity index (χ1n) is 7.54. The molecule has 0 amide bonds. The molecule has 1 atom stereocenters. The molecule has 4 nitrogen and oxygen atoms in total. The van der Waals surface area contributed by atoms with Crippen LogP contribution in [0.5, 0.6) is 11.5 Å². The summed E-state index contributed by atoms with van der Waals surface area (Å²) in [7, 11) is 0. The van der Waals surface area contributed by atoms with Crippen LogP contribution in [0.3, 0.4) is 0 Å². The zero-order chi connectivity index (χ0) is 16.4. The van der Waals surface area contributed by atoms with Gasteiger partial charge in [0.1, 0.15) is 17.3 Å². The predicted octanol–water partition coefficient (Wildman–Crippen LogP) is 4.80. The van der Waals surface area contributed by atoms with Crippen LogP contribution in [0.1, 0.15) is 30.0 Å². The molecule has 1 N–H and O–H groups in total. The standard InChI is InChI=1S/C19H19NO3/c1-12-19(14(3)23-20-12)16-9-15(13(2)21)10-18(11-16)22-17-7-5-4-6-8-17/h4-11,13,21H,1-3H3. The van der Waals surface area contributed by atoms with E-state index in [0.29, 0.717) is 5.75 Å². The Bertz CT molecular complexity index is 787. The summed E-state index contributed by atoms with van der Waals surface area (Å²) in [5.41, 5.74) is 3.46. The summed E-state index contributed by atoms with van der Waals surface area (Å²) in [5.74, 6) is 2.17. The maximum Gasteiger partial charge on any atom is 0.141 e. The number of para-hydroxylation sites is 1. The first-order valence-corrected chi connectivity index (χ1v) is 7.54. The van der Waals surface area contributed by atoms with Gasteiger partial charge in [-0.15, -0.1) is 0 Å². The van der Waals surface area contributed by atoms with Crippen LogP contribution >= 0.6 is 0 Å². The molecule has 0 aliphatic rings. The molecule has 2 aromatic carbocycles. The Morgan fingerprint density at radius 3 is 2.39 bits per heavy atom. The first-order chi connectivity index (χ1) is 11.0. The molecular formula is C19H19NO3. The topological polar surface area (TPSA) is 55.5 Å².